The maximum absolute atomic E-state index is 13.5. The Labute approximate surface area is 138 Å². The number of esters is 1. The average Bonchev–Trinajstić information content (AvgIpc) is 2.53. The Kier molecular flexibility index (Phi) is 5.71. The molecule has 0 aliphatic heterocycles. The van der Waals surface area contributed by atoms with E-state index < -0.39 is 24.3 Å². The van der Waals surface area contributed by atoms with Crippen molar-refractivity contribution in [3.8, 4) is 0 Å². The summed E-state index contributed by atoms with van der Waals surface area (Å²) in [7, 11) is 0. The van der Waals surface area contributed by atoms with Gasteiger partial charge in [0.2, 0.25) is 0 Å². The van der Waals surface area contributed by atoms with E-state index in [1.807, 2.05) is 31.2 Å². The molecule has 1 N–H and O–H groups in total. The Balaban J connectivity index is 1.84. The molecule has 0 fully saturated rings. The summed E-state index contributed by atoms with van der Waals surface area (Å²) < 4.78 is 18.3. The second kappa shape index (κ2) is 7.74. The lowest BCUT2D eigenvalue weighted by Gasteiger charge is -2.08. The molecule has 2 rings (SSSR count). The number of rotatable bonds is 5. The van der Waals surface area contributed by atoms with E-state index in [-0.39, 0.29) is 10.6 Å². The molecular formula is C17H15ClFNO3. The molecule has 120 valence electrons. The molecule has 2 aromatic carbocycles. The quantitative estimate of drug-likeness (QED) is 0.853. The normalized spacial score (nSPS) is 10.2. The molecule has 4 nitrogen and oxygen atoms in total. The van der Waals surface area contributed by atoms with Gasteiger partial charge in [-0.25, -0.2) is 9.18 Å². The lowest BCUT2D eigenvalue weighted by molar-refractivity contribution is -0.124. The SMILES string of the molecule is Cc1cccc(CNC(=O)COC(=O)c2cc(Cl)ccc2F)c1. The average molecular weight is 336 g/mol. The third kappa shape index (κ3) is 5.07. The van der Waals surface area contributed by atoms with Crippen LogP contribution in [0.2, 0.25) is 5.02 Å². The Morgan fingerprint density at radius 2 is 2.00 bits per heavy atom. The van der Waals surface area contributed by atoms with E-state index in [2.05, 4.69) is 5.32 Å². The maximum Gasteiger partial charge on any atom is 0.341 e. The van der Waals surface area contributed by atoms with Gasteiger partial charge in [-0.15, -0.1) is 0 Å². The Bertz CT molecular complexity index is 734. The standard InChI is InChI=1S/C17H15ClFNO3/c1-11-3-2-4-12(7-11)9-20-16(21)10-23-17(22)14-8-13(18)5-6-15(14)19/h2-8H,9-10H2,1H3,(H,20,21). The summed E-state index contributed by atoms with van der Waals surface area (Å²) in [6, 6.07) is 11.2. The van der Waals surface area contributed by atoms with Crippen LogP contribution in [-0.2, 0) is 16.1 Å². The van der Waals surface area contributed by atoms with E-state index in [1.165, 1.54) is 6.07 Å². The second-order valence-corrected chi connectivity index (χ2v) is 5.40. The van der Waals surface area contributed by atoms with Crippen molar-refractivity contribution in [3.05, 3.63) is 70.0 Å². The number of aryl methyl sites for hydroxylation is 1. The van der Waals surface area contributed by atoms with E-state index in [1.54, 1.807) is 0 Å². The molecule has 0 heterocycles. The highest BCUT2D eigenvalue weighted by Gasteiger charge is 2.15. The Morgan fingerprint density at radius 3 is 2.74 bits per heavy atom. The summed E-state index contributed by atoms with van der Waals surface area (Å²) in [6.45, 7) is 1.78. The van der Waals surface area contributed by atoms with Crippen LogP contribution >= 0.6 is 11.6 Å². The van der Waals surface area contributed by atoms with Gasteiger partial charge in [-0.1, -0.05) is 41.4 Å². The molecule has 6 heteroatoms. The van der Waals surface area contributed by atoms with Crippen LogP contribution < -0.4 is 5.32 Å². The predicted molar refractivity (Wildman–Crippen MR) is 84.7 cm³/mol. The van der Waals surface area contributed by atoms with Crippen LogP contribution in [0.25, 0.3) is 0 Å². The molecule has 0 saturated carbocycles. The van der Waals surface area contributed by atoms with Crippen LogP contribution in [0.1, 0.15) is 21.5 Å². The first-order valence-corrected chi connectivity index (χ1v) is 7.28. The van der Waals surface area contributed by atoms with Gasteiger partial charge in [0, 0.05) is 11.6 Å². The third-order valence-corrected chi connectivity index (χ3v) is 3.29. The lowest BCUT2D eigenvalue weighted by atomic mass is 10.1. The number of carbonyl (C=O) groups is 2. The van der Waals surface area contributed by atoms with Crippen molar-refractivity contribution in [1.82, 2.24) is 5.32 Å². The molecule has 0 aliphatic carbocycles. The Morgan fingerprint density at radius 1 is 1.22 bits per heavy atom. The molecule has 0 atom stereocenters. The van der Waals surface area contributed by atoms with Crippen LogP contribution in [0, 0.1) is 12.7 Å². The zero-order chi connectivity index (χ0) is 16.8. The van der Waals surface area contributed by atoms with Gasteiger partial charge >= 0.3 is 5.97 Å². The molecule has 0 saturated heterocycles. The predicted octanol–water partition coefficient (Wildman–Crippen LogP) is 3.26. The zero-order valence-electron chi connectivity index (χ0n) is 12.4. The fourth-order valence-electron chi connectivity index (χ4n) is 1.94. The van der Waals surface area contributed by atoms with Crippen molar-refractivity contribution in [3.63, 3.8) is 0 Å². The summed E-state index contributed by atoms with van der Waals surface area (Å²) in [5, 5.41) is 2.83. The molecule has 0 radical (unpaired) electrons. The molecule has 0 spiro atoms. The molecule has 1 amide bonds. The van der Waals surface area contributed by atoms with Gasteiger partial charge in [0.1, 0.15) is 5.82 Å². The smallest absolute Gasteiger partial charge is 0.341 e. The highest BCUT2D eigenvalue weighted by Crippen LogP contribution is 2.15. The zero-order valence-corrected chi connectivity index (χ0v) is 13.2. The van der Waals surface area contributed by atoms with Crippen molar-refractivity contribution in [2.24, 2.45) is 0 Å². The van der Waals surface area contributed by atoms with Crippen molar-refractivity contribution in [2.45, 2.75) is 13.5 Å². The molecule has 0 aliphatic rings. The topological polar surface area (TPSA) is 55.4 Å². The van der Waals surface area contributed by atoms with Crippen molar-refractivity contribution < 1.29 is 18.7 Å². The first kappa shape index (κ1) is 17.0. The summed E-state index contributed by atoms with van der Waals surface area (Å²) in [5.41, 5.74) is 1.72. The third-order valence-electron chi connectivity index (χ3n) is 3.05. The molecule has 23 heavy (non-hydrogen) atoms. The summed E-state index contributed by atoms with van der Waals surface area (Å²) in [6.07, 6.45) is 0. The molecular weight excluding hydrogens is 321 g/mol. The van der Waals surface area contributed by atoms with Gasteiger partial charge in [0.25, 0.3) is 5.91 Å². The number of hydrogen-bond donors (Lipinski definition) is 1. The molecule has 0 bridgehead atoms. The molecule has 0 aromatic heterocycles. The van der Waals surface area contributed by atoms with Crippen LogP contribution in [0.4, 0.5) is 4.39 Å². The monoisotopic (exact) mass is 335 g/mol. The highest BCUT2D eigenvalue weighted by molar-refractivity contribution is 6.30. The largest absolute Gasteiger partial charge is 0.452 e. The van der Waals surface area contributed by atoms with Crippen LogP contribution in [0.3, 0.4) is 0 Å². The van der Waals surface area contributed by atoms with Gasteiger partial charge in [-0.05, 0) is 30.7 Å². The van der Waals surface area contributed by atoms with Gasteiger partial charge in [-0.3, -0.25) is 4.79 Å². The van der Waals surface area contributed by atoms with E-state index in [0.29, 0.717) is 6.54 Å². The minimum atomic E-state index is -0.935. The number of hydrogen-bond acceptors (Lipinski definition) is 3. The number of ether oxygens (including phenoxy) is 1. The first-order valence-electron chi connectivity index (χ1n) is 6.90. The molecule has 0 unspecified atom stereocenters. The van der Waals surface area contributed by atoms with Crippen molar-refractivity contribution in [1.29, 1.82) is 0 Å². The first-order chi connectivity index (χ1) is 11.0. The van der Waals surface area contributed by atoms with Gasteiger partial charge < -0.3 is 10.1 Å². The fourth-order valence-corrected chi connectivity index (χ4v) is 2.11. The second-order valence-electron chi connectivity index (χ2n) is 4.97. The summed E-state index contributed by atoms with van der Waals surface area (Å²) in [4.78, 5) is 23.4. The van der Waals surface area contributed by atoms with Gasteiger partial charge in [0.15, 0.2) is 6.61 Å². The number of benzene rings is 2. The molecule has 2 aromatic rings. The minimum absolute atomic E-state index is 0.210. The number of halogens is 2. The van der Waals surface area contributed by atoms with Crippen molar-refractivity contribution in [2.75, 3.05) is 6.61 Å². The van der Waals surface area contributed by atoms with Crippen LogP contribution in [0.5, 0.6) is 0 Å². The van der Waals surface area contributed by atoms with E-state index >= 15 is 0 Å². The van der Waals surface area contributed by atoms with E-state index in [4.69, 9.17) is 16.3 Å². The Hall–Kier alpha value is -2.40. The van der Waals surface area contributed by atoms with Gasteiger partial charge in [-0.2, -0.15) is 0 Å². The number of amides is 1. The summed E-state index contributed by atoms with van der Waals surface area (Å²) >= 11 is 5.70. The lowest BCUT2D eigenvalue weighted by Crippen LogP contribution is -2.28. The van der Waals surface area contributed by atoms with Crippen molar-refractivity contribution >= 4 is 23.5 Å². The van der Waals surface area contributed by atoms with E-state index in [9.17, 15) is 14.0 Å². The number of nitrogens with one attached hydrogen (secondary N) is 1. The fraction of sp³-hybridized carbons (Fsp3) is 0.176. The van der Waals surface area contributed by atoms with Crippen LogP contribution in [0.15, 0.2) is 42.5 Å². The summed E-state index contributed by atoms with van der Waals surface area (Å²) in [5.74, 6) is -2.16. The number of carbonyl (C=O) groups excluding carboxylic acids is 2. The van der Waals surface area contributed by atoms with E-state index in [0.717, 1.165) is 23.3 Å². The maximum atomic E-state index is 13.5. The minimum Gasteiger partial charge on any atom is -0.452 e. The van der Waals surface area contributed by atoms with Gasteiger partial charge in [0.05, 0.1) is 5.56 Å². The van der Waals surface area contributed by atoms with Crippen LogP contribution in [-0.4, -0.2) is 18.5 Å². The highest BCUT2D eigenvalue weighted by atomic mass is 35.5.